The van der Waals surface area contributed by atoms with Gasteiger partial charge in [0.05, 0.1) is 9.40 Å². The van der Waals surface area contributed by atoms with Gasteiger partial charge in [-0.15, -0.1) is 0 Å². The molecule has 8 heteroatoms. The molecule has 1 heterocycles. The van der Waals surface area contributed by atoms with Crippen molar-refractivity contribution < 1.29 is 9.72 Å². The maximum atomic E-state index is 12.1. The van der Waals surface area contributed by atoms with Crippen LogP contribution in [-0.2, 0) is 7.05 Å². The minimum atomic E-state index is -0.478. The third-order valence-electron chi connectivity index (χ3n) is 2.67. The van der Waals surface area contributed by atoms with E-state index in [2.05, 4.69) is 26.3 Å². The lowest BCUT2D eigenvalue weighted by atomic mass is 10.1. The van der Waals surface area contributed by atoms with Crippen LogP contribution in [0.25, 0.3) is 0 Å². The number of nitrogens with zero attached hydrogens (tertiary/aromatic N) is 3. The molecule has 0 fully saturated rings. The van der Waals surface area contributed by atoms with Gasteiger partial charge in [0.1, 0.15) is 0 Å². The van der Waals surface area contributed by atoms with Crippen molar-refractivity contribution in [2.45, 2.75) is 6.92 Å². The van der Waals surface area contributed by atoms with Gasteiger partial charge in [-0.05, 0) is 34.5 Å². The van der Waals surface area contributed by atoms with Crippen molar-refractivity contribution in [3.8, 4) is 0 Å². The Kier molecular flexibility index (Phi) is 3.84. The molecule has 0 unspecified atom stereocenters. The summed E-state index contributed by atoms with van der Waals surface area (Å²) in [4.78, 5) is 22.2. The molecule has 0 saturated carbocycles. The molecule has 0 spiro atoms. The third kappa shape index (κ3) is 2.85. The van der Waals surface area contributed by atoms with E-state index in [4.69, 9.17) is 0 Å². The van der Waals surface area contributed by atoms with Crippen LogP contribution in [0.5, 0.6) is 0 Å². The Morgan fingerprint density at radius 3 is 2.70 bits per heavy atom. The summed E-state index contributed by atoms with van der Waals surface area (Å²) in [5.74, 6) is -0.380. The number of halogens is 1. The van der Waals surface area contributed by atoms with Crippen molar-refractivity contribution in [1.82, 2.24) is 9.78 Å². The number of hydrogen-bond donors (Lipinski definition) is 1. The van der Waals surface area contributed by atoms with Gasteiger partial charge in [0, 0.05) is 31.1 Å². The highest BCUT2D eigenvalue weighted by Crippen LogP contribution is 2.22. The zero-order valence-corrected chi connectivity index (χ0v) is 12.3. The summed E-state index contributed by atoms with van der Waals surface area (Å²) in [6.07, 6.45) is 1.66. The number of non-ortho nitro benzene ring substituents is 1. The van der Waals surface area contributed by atoms with Crippen molar-refractivity contribution in [3.05, 3.63) is 50.2 Å². The molecular weight excluding hydrogens is 328 g/mol. The molecule has 1 N–H and O–H groups in total. The first-order chi connectivity index (χ1) is 9.38. The summed E-state index contributed by atoms with van der Waals surface area (Å²) < 4.78 is 2.10. The Balaban J connectivity index is 2.24. The number of nitro benzene ring substituents is 1. The number of aromatic nitrogens is 2. The zero-order chi connectivity index (χ0) is 14.9. The van der Waals surface area contributed by atoms with E-state index < -0.39 is 4.92 Å². The van der Waals surface area contributed by atoms with E-state index in [1.165, 1.54) is 22.9 Å². The van der Waals surface area contributed by atoms with Crippen molar-refractivity contribution in [2.75, 3.05) is 5.32 Å². The average Bonchev–Trinajstić information content (AvgIpc) is 2.70. The Bertz CT molecular complexity index is 696. The monoisotopic (exact) mass is 338 g/mol. The number of hydrogen-bond acceptors (Lipinski definition) is 4. The Morgan fingerprint density at radius 2 is 2.20 bits per heavy atom. The van der Waals surface area contributed by atoms with Crippen LogP contribution in [0.15, 0.2) is 28.9 Å². The highest BCUT2D eigenvalue weighted by Gasteiger charge is 2.16. The number of rotatable bonds is 3. The van der Waals surface area contributed by atoms with Gasteiger partial charge >= 0.3 is 0 Å². The van der Waals surface area contributed by atoms with E-state index in [0.29, 0.717) is 15.7 Å². The summed E-state index contributed by atoms with van der Waals surface area (Å²) in [6.45, 7) is 1.69. The first-order valence-electron chi connectivity index (χ1n) is 5.64. The normalized spacial score (nSPS) is 10.3. The fraction of sp³-hybridized carbons (Fsp3) is 0.167. The summed E-state index contributed by atoms with van der Waals surface area (Å²) in [6, 6.07) is 4.25. The van der Waals surface area contributed by atoms with Crippen LogP contribution in [0.4, 0.5) is 11.4 Å². The van der Waals surface area contributed by atoms with Crippen molar-refractivity contribution in [2.24, 2.45) is 7.05 Å². The molecule has 7 nitrogen and oxygen atoms in total. The number of nitrogens with one attached hydrogen (secondary N) is 1. The lowest BCUT2D eigenvalue weighted by molar-refractivity contribution is -0.384. The second-order valence-electron chi connectivity index (χ2n) is 4.21. The van der Waals surface area contributed by atoms with Crippen LogP contribution >= 0.6 is 15.9 Å². The molecule has 0 aliphatic rings. The lowest BCUT2D eigenvalue weighted by Crippen LogP contribution is -2.14. The Labute approximate surface area is 122 Å². The van der Waals surface area contributed by atoms with E-state index in [0.717, 1.165) is 0 Å². The van der Waals surface area contributed by atoms with Gasteiger partial charge in [0.25, 0.3) is 11.6 Å². The molecule has 1 aromatic heterocycles. The van der Waals surface area contributed by atoms with E-state index in [1.807, 2.05) is 0 Å². The second-order valence-corrected chi connectivity index (χ2v) is 5.06. The molecule has 0 saturated heterocycles. The third-order valence-corrected chi connectivity index (χ3v) is 3.25. The SMILES string of the molecule is Cc1cc([N+](=O)[O-])ccc1NC(=O)c1nn(C)cc1Br. The van der Waals surface area contributed by atoms with E-state index in [1.54, 1.807) is 20.2 Å². The van der Waals surface area contributed by atoms with E-state index in [9.17, 15) is 14.9 Å². The largest absolute Gasteiger partial charge is 0.320 e. The molecule has 0 aliphatic carbocycles. The first kappa shape index (κ1) is 14.2. The van der Waals surface area contributed by atoms with Crippen LogP contribution in [0.1, 0.15) is 16.1 Å². The number of benzene rings is 1. The first-order valence-corrected chi connectivity index (χ1v) is 6.43. The van der Waals surface area contributed by atoms with E-state index in [-0.39, 0.29) is 17.3 Å². The van der Waals surface area contributed by atoms with Gasteiger partial charge in [-0.3, -0.25) is 19.6 Å². The second kappa shape index (κ2) is 5.41. The molecule has 2 rings (SSSR count). The van der Waals surface area contributed by atoms with Gasteiger partial charge in [-0.25, -0.2) is 0 Å². The number of amides is 1. The molecule has 2 aromatic rings. The summed E-state index contributed by atoms with van der Waals surface area (Å²) >= 11 is 3.25. The Hall–Kier alpha value is -2.22. The fourth-order valence-corrected chi connectivity index (χ4v) is 2.25. The van der Waals surface area contributed by atoms with Crippen molar-refractivity contribution >= 4 is 33.2 Å². The van der Waals surface area contributed by atoms with Crippen LogP contribution in [-0.4, -0.2) is 20.6 Å². The molecule has 0 aliphatic heterocycles. The van der Waals surface area contributed by atoms with Gasteiger partial charge in [-0.1, -0.05) is 0 Å². The smallest absolute Gasteiger partial charge is 0.277 e. The number of carbonyl (C=O) groups is 1. The predicted molar refractivity (Wildman–Crippen MR) is 76.7 cm³/mol. The number of anilines is 1. The predicted octanol–water partition coefficient (Wildman–Crippen LogP) is 2.65. The molecule has 1 amide bonds. The minimum Gasteiger partial charge on any atom is -0.320 e. The van der Waals surface area contributed by atoms with Gasteiger partial charge in [-0.2, -0.15) is 5.10 Å². The van der Waals surface area contributed by atoms with Gasteiger partial charge in [0.15, 0.2) is 5.69 Å². The minimum absolute atomic E-state index is 0.0143. The summed E-state index contributed by atoms with van der Waals surface area (Å²) in [7, 11) is 1.71. The molecule has 1 aromatic carbocycles. The number of nitro groups is 1. The molecule has 0 bridgehead atoms. The maximum Gasteiger partial charge on any atom is 0.277 e. The summed E-state index contributed by atoms with van der Waals surface area (Å²) in [5, 5.41) is 17.4. The Morgan fingerprint density at radius 1 is 1.50 bits per heavy atom. The van der Waals surface area contributed by atoms with Crippen LogP contribution < -0.4 is 5.32 Å². The fourth-order valence-electron chi connectivity index (χ4n) is 1.70. The molecule has 104 valence electrons. The van der Waals surface area contributed by atoms with Gasteiger partial charge in [0.2, 0.25) is 0 Å². The molecule has 20 heavy (non-hydrogen) atoms. The molecule has 0 atom stereocenters. The van der Waals surface area contributed by atoms with Crippen molar-refractivity contribution in [3.63, 3.8) is 0 Å². The lowest BCUT2D eigenvalue weighted by Gasteiger charge is -2.07. The van der Waals surface area contributed by atoms with Crippen LogP contribution in [0.2, 0.25) is 0 Å². The molecule has 0 radical (unpaired) electrons. The zero-order valence-electron chi connectivity index (χ0n) is 10.8. The van der Waals surface area contributed by atoms with Crippen LogP contribution in [0.3, 0.4) is 0 Å². The van der Waals surface area contributed by atoms with Crippen LogP contribution in [0, 0.1) is 17.0 Å². The maximum absolute atomic E-state index is 12.1. The number of carbonyl (C=O) groups excluding carboxylic acids is 1. The topological polar surface area (TPSA) is 90.1 Å². The van der Waals surface area contributed by atoms with Crippen molar-refractivity contribution in [1.29, 1.82) is 0 Å². The molecular formula is C12H11BrN4O3. The quantitative estimate of drug-likeness (QED) is 0.688. The number of aryl methyl sites for hydroxylation is 2. The van der Waals surface area contributed by atoms with Gasteiger partial charge < -0.3 is 5.32 Å². The highest BCUT2D eigenvalue weighted by molar-refractivity contribution is 9.10. The summed E-state index contributed by atoms with van der Waals surface area (Å²) in [5.41, 5.74) is 1.36. The highest BCUT2D eigenvalue weighted by atomic mass is 79.9. The average molecular weight is 339 g/mol. The standard InChI is InChI=1S/C12H11BrN4O3/c1-7-5-8(17(19)20)3-4-10(7)14-12(18)11-9(13)6-16(2)15-11/h3-6H,1-2H3,(H,14,18). The van der Waals surface area contributed by atoms with E-state index >= 15 is 0 Å².